The molecule has 21 heavy (non-hydrogen) atoms. The summed E-state index contributed by atoms with van der Waals surface area (Å²) in [5.41, 5.74) is 0. The van der Waals surface area contributed by atoms with Crippen LogP contribution in [0.4, 0.5) is 0 Å². The Morgan fingerprint density at radius 1 is 1.33 bits per heavy atom. The molecule has 1 rings (SSSR count). The molecule has 1 heterocycles. The normalized spacial score (nSPS) is 13.9. The van der Waals surface area contributed by atoms with Crippen LogP contribution in [0.2, 0.25) is 5.15 Å². The summed E-state index contributed by atoms with van der Waals surface area (Å²) in [5.74, 6) is 0.448. The van der Waals surface area contributed by atoms with Crippen LogP contribution < -0.4 is 4.72 Å². The van der Waals surface area contributed by atoms with E-state index in [2.05, 4.69) is 28.5 Å². The molecule has 0 bridgehead atoms. The topological polar surface area (TPSA) is 62.3 Å². The van der Waals surface area contributed by atoms with Crippen molar-refractivity contribution < 1.29 is 8.42 Å². The van der Waals surface area contributed by atoms with Gasteiger partial charge in [0.2, 0.25) is 10.0 Å². The van der Waals surface area contributed by atoms with Gasteiger partial charge in [0.15, 0.2) is 0 Å². The highest BCUT2D eigenvalue weighted by molar-refractivity contribution is 7.89. The summed E-state index contributed by atoms with van der Waals surface area (Å²) >= 11 is 5.75. The Balaban J connectivity index is 2.84. The SMILES string of the molecule is CCC(CC)C(CNS(=O)(=O)c1ccnc(Cl)c1)N(C)C. The Kier molecular flexibility index (Phi) is 7.06. The van der Waals surface area contributed by atoms with Gasteiger partial charge in [0.1, 0.15) is 5.15 Å². The monoisotopic (exact) mass is 333 g/mol. The zero-order chi connectivity index (χ0) is 16.0. The molecule has 1 atom stereocenters. The van der Waals surface area contributed by atoms with Gasteiger partial charge in [-0.2, -0.15) is 0 Å². The number of rotatable bonds is 8. The maximum atomic E-state index is 12.3. The molecule has 7 heteroatoms. The highest BCUT2D eigenvalue weighted by Crippen LogP contribution is 2.18. The lowest BCUT2D eigenvalue weighted by molar-refractivity contribution is 0.201. The zero-order valence-corrected chi connectivity index (χ0v) is 14.6. The minimum absolute atomic E-state index is 0.143. The van der Waals surface area contributed by atoms with Gasteiger partial charge < -0.3 is 4.90 Å². The van der Waals surface area contributed by atoms with Crippen molar-refractivity contribution in [2.24, 2.45) is 5.92 Å². The Morgan fingerprint density at radius 2 is 1.95 bits per heavy atom. The van der Waals surface area contributed by atoms with Gasteiger partial charge in [-0.3, -0.25) is 0 Å². The van der Waals surface area contributed by atoms with Crippen molar-refractivity contribution in [2.75, 3.05) is 20.6 Å². The first-order valence-corrected chi connectivity index (χ1v) is 8.95. The molecule has 0 aliphatic heterocycles. The summed E-state index contributed by atoms with van der Waals surface area (Å²) in [6.45, 7) is 4.63. The second kappa shape index (κ2) is 8.08. The first-order valence-electron chi connectivity index (χ1n) is 7.09. The second-order valence-corrected chi connectivity index (χ2v) is 7.43. The van der Waals surface area contributed by atoms with Gasteiger partial charge in [0.25, 0.3) is 0 Å². The number of nitrogens with one attached hydrogen (secondary N) is 1. The molecule has 0 saturated carbocycles. The number of hydrogen-bond acceptors (Lipinski definition) is 4. The van der Waals surface area contributed by atoms with E-state index in [4.69, 9.17) is 11.6 Å². The van der Waals surface area contributed by atoms with E-state index in [1.165, 1.54) is 18.3 Å². The number of pyridine rings is 1. The molecule has 120 valence electrons. The third-order valence-electron chi connectivity index (χ3n) is 3.75. The molecular weight excluding hydrogens is 310 g/mol. The fraction of sp³-hybridized carbons (Fsp3) is 0.643. The van der Waals surface area contributed by atoms with Crippen LogP contribution in [-0.2, 0) is 10.0 Å². The number of sulfonamides is 1. The van der Waals surface area contributed by atoms with Crippen molar-refractivity contribution >= 4 is 21.6 Å². The molecule has 1 aromatic heterocycles. The van der Waals surface area contributed by atoms with Gasteiger partial charge in [0.05, 0.1) is 4.90 Å². The van der Waals surface area contributed by atoms with Gasteiger partial charge >= 0.3 is 0 Å². The average molecular weight is 334 g/mol. The molecular formula is C14H24ClN3O2S. The maximum absolute atomic E-state index is 12.3. The molecule has 0 saturated heterocycles. The van der Waals surface area contributed by atoms with Crippen LogP contribution in [0.25, 0.3) is 0 Å². The first kappa shape index (κ1) is 18.4. The lowest BCUT2D eigenvalue weighted by Gasteiger charge is -2.31. The smallest absolute Gasteiger partial charge is 0.240 e. The standard InChI is InChI=1S/C14H24ClN3O2S/c1-5-11(6-2)13(18(3)4)10-17-21(19,20)12-7-8-16-14(15)9-12/h7-9,11,13,17H,5-6,10H2,1-4H3. The highest BCUT2D eigenvalue weighted by Gasteiger charge is 2.23. The Labute approximate surface area is 132 Å². The van der Waals surface area contributed by atoms with Crippen LogP contribution in [0.3, 0.4) is 0 Å². The Hall–Kier alpha value is -0.690. The molecule has 0 spiro atoms. The van der Waals surface area contributed by atoms with Gasteiger partial charge in [-0.05, 0) is 32.1 Å². The molecule has 1 unspecified atom stereocenters. The lowest BCUT2D eigenvalue weighted by Crippen LogP contribution is -2.44. The fourth-order valence-corrected chi connectivity index (χ4v) is 3.74. The summed E-state index contributed by atoms with van der Waals surface area (Å²) in [6, 6.07) is 2.95. The van der Waals surface area contributed by atoms with Gasteiger partial charge in [-0.15, -0.1) is 0 Å². The zero-order valence-electron chi connectivity index (χ0n) is 13.0. The van der Waals surface area contributed by atoms with Gasteiger partial charge in [-0.25, -0.2) is 18.1 Å². The van der Waals surface area contributed by atoms with Crippen molar-refractivity contribution in [1.29, 1.82) is 0 Å². The van der Waals surface area contributed by atoms with E-state index in [0.29, 0.717) is 12.5 Å². The van der Waals surface area contributed by atoms with Gasteiger partial charge in [0, 0.05) is 18.8 Å². The van der Waals surface area contributed by atoms with E-state index in [-0.39, 0.29) is 16.1 Å². The van der Waals surface area contributed by atoms with E-state index < -0.39 is 10.0 Å². The first-order chi connectivity index (χ1) is 9.81. The maximum Gasteiger partial charge on any atom is 0.240 e. The summed E-state index contributed by atoms with van der Waals surface area (Å²) in [4.78, 5) is 6.01. The van der Waals surface area contributed by atoms with Crippen LogP contribution in [0.1, 0.15) is 26.7 Å². The molecule has 0 aliphatic rings. The highest BCUT2D eigenvalue weighted by atomic mass is 35.5. The molecule has 1 N–H and O–H groups in total. The Bertz CT molecular complexity index is 545. The van der Waals surface area contributed by atoms with E-state index >= 15 is 0 Å². The second-order valence-electron chi connectivity index (χ2n) is 5.27. The third-order valence-corrected chi connectivity index (χ3v) is 5.37. The van der Waals surface area contributed by atoms with E-state index in [0.717, 1.165) is 12.8 Å². The third kappa shape index (κ3) is 5.21. The van der Waals surface area contributed by atoms with Crippen molar-refractivity contribution in [3.05, 3.63) is 23.5 Å². The molecule has 0 fully saturated rings. The quantitative estimate of drug-likeness (QED) is 0.742. The summed E-state index contributed by atoms with van der Waals surface area (Å²) in [5, 5.41) is 0.169. The van der Waals surface area contributed by atoms with Crippen molar-refractivity contribution in [3.63, 3.8) is 0 Å². The lowest BCUT2D eigenvalue weighted by atomic mass is 9.93. The number of likely N-dealkylation sites (N-methyl/N-ethyl adjacent to an activating group) is 1. The largest absolute Gasteiger partial charge is 0.305 e. The van der Waals surface area contributed by atoms with Crippen LogP contribution in [0.15, 0.2) is 23.2 Å². The van der Waals surface area contributed by atoms with Crippen LogP contribution in [0, 0.1) is 5.92 Å². The fourth-order valence-electron chi connectivity index (χ4n) is 2.43. The van der Waals surface area contributed by atoms with E-state index in [1.807, 2.05) is 14.1 Å². The van der Waals surface area contributed by atoms with Crippen LogP contribution in [-0.4, -0.2) is 45.0 Å². The van der Waals surface area contributed by atoms with Crippen molar-refractivity contribution in [3.8, 4) is 0 Å². The average Bonchev–Trinajstić information content (AvgIpc) is 2.43. The number of nitrogens with zero attached hydrogens (tertiary/aromatic N) is 2. The number of aromatic nitrogens is 1. The summed E-state index contributed by atoms with van der Waals surface area (Å²) in [7, 11) is 0.383. The van der Waals surface area contributed by atoms with Crippen LogP contribution in [0.5, 0.6) is 0 Å². The van der Waals surface area contributed by atoms with E-state index in [1.54, 1.807) is 0 Å². The predicted octanol–water partition coefficient (Wildman–Crippen LogP) is 2.38. The van der Waals surface area contributed by atoms with Gasteiger partial charge in [-0.1, -0.05) is 38.3 Å². The number of halogens is 1. The van der Waals surface area contributed by atoms with Crippen molar-refractivity contribution in [1.82, 2.24) is 14.6 Å². The molecule has 5 nitrogen and oxygen atoms in total. The van der Waals surface area contributed by atoms with E-state index in [9.17, 15) is 8.42 Å². The Morgan fingerprint density at radius 3 is 2.43 bits per heavy atom. The molecule has 1 aromatic rings. The molecule has 0 amide bonds. The predicted molar refractivity (Wildman–Crippen MR) is 86.0 cm³/mol. The molecule has 0 radical (unpaired) electrons. The van der Waals surface area contributed by atoms with Crippen LogP contribution >= 0.6 is 11.6 Å². The minimum Gasteiger partial charge on any atom is -0.305 e. The summed E-state index contributed by atoms with van der Waals surface area (Å²) < 4.78 is 27.3. The molecule has 0 aliphatic carbocycles. The molecule has 0 aromatic carbocycles. The number of hydrogen-bond donors (Lipinski definition) is 1. The summed E-state index contributed by atoms with van der Waals surface area (Å²) in [6.07, 6.45) is 3.42. The van der Waals surface area contributed by atoms with Crippen molar-refractivity contribution in [2.45, 2.75) is 37.6 Å². The minimum atomic E-state index is -3.56.